The molecule has 0 saturated heterocycles. The zero-order valence-electron chi connectivity index (χ0n) is 11.0. The SMILES string of the molecule is N#Cc1ccc(Nc2cnn(-c3ncc(Cl)cc3Cl)c2)nc1. The van der Waals surface area contributed by atoms with Gasteiger partial charge in [-0.3, -0.25) is 0 Å². The number of anilines is 2. The number of rotatable bonds is 3. The van der Waals surface area contributed by atoms with E-state index in [0.29, 0.717) is 32.9 Å². The van der Waals surface area contributed by atoms with E-state index in [4.69, 9.17) is 28.5 Å². The largest absolute Gasteiger partial charge is 0.338 e. The number of aromatic nitrogens is 4. The maximum absolute atomic E-state index is 8.74. The smallest absolute Gasteiger partial charge is 0.172 e. The predicted molar refractivity (Wildman–Crippen MR) is 83.6 cm³/mol. The molecule has 0 amide bonds. The van der Waals surface area contributed by atoms with Crippen molar-refractivity contribution in [3.63, 3.8) is 0 Å². The first-order valence-electron chi connectivity index (χ1n) is 6.15. The molecule has 0 aromatic carbocycles. The van der Waals surface area contributed by atoms with Crippen molar-refractivity contribution in [3.8, 4) is 11.9 Å². The Labute approximate surface area is 136 Å². The molecule has 0 aliphatic carbocycles. The van der Waals surface area contributed by atoms with Gasteiger partial charge in [0.05, 0.1) is 33.7 Å². The minimum Gasteiger partial charge on any atom is -0.338 e. The van der Waals surface area contributed by atoms with E-state index in [9.17, 15) is 0 Å². The second kappa shape index (κ2) is 6.02. The zero-order chi connectivity index (χ0) is 15.5. The van der Waals surface area contributed by atoms with Crippen LogP contribution in [-0.4, -0.2) is 19.7 Å². The molecule has 0 radical (unpaired) electrons. The normalized spacial score (nSPS) is 10.2. The molecule has 0 fully saturated rings. The Balaban J connectivity index is 1.82. The van der Waals surface area contributed by atoms with Crippen LogP contribution in [0.5, 0.6) is 0 Å². The minimum atomic E-state index is 0.402. The van der Waals surface area contributed by atoms with Crippen LogP contribution in [0.25, 0.3) is 5.82 Å². The highest BCUT2D eigenvalue weighted by molar-refractivity contribution is 6.35. The van der Waals surface area contributed by atoms with E-state index < -0.39 is 0 Å². The zero-order valence-corrected chi connectivity index (χ0v) is 12.5. The van der Waals surface area contributed by atoms with Crippen LogP contribution in [0.2, 0.25) is 10.0 Å². The lowest BCUT2D eigenvalue weighted by molar-refractivity contribution is 0.847. The van der Waals surface area contributed by atoms with Gasteiger partial charge in [-0.1, -0.05) is 23.2 Å². The Morgan fingerprint density at radius 3 is 2.68 bits per heavy atom. The van der Waals surface area contributed by atoms with Gasteiger partial charge in [0.2, 0.25) is 0 Å². The number of pyridine rings is 2. The van der Waals surface area contributed by atoms with Crippen molar-refractivity contribution < 1.29 is 0 Å². The van der Waals surface area contributed by atoms with Gasteiger partial charge in [0.1, 0.15) is 11.9 Å². The molecule has 3 aromatic rings. The van der Waals surface area contributed by atoms with Crippen molar-refractivity contribution in [1.82, 2.24) is 19.7 Å². The monoisotopic (exact) mass is 330 g/mol. The molecule has 3 rings (SSSR count). The summed E-state index contributed by atoms with van der Waals surface area (Å²) in [6.45, 7) is 0. The lowest BCUT2D eigenvalue weighted by Crippen LogP contribution is -1.98. The van der Waals surface area contributed by atoms with Crippen LogP contribution in [0.15, 0.2) is 43.0 Å². The molecule has 3 aromatic heterocycles. The summed E-state index contributed by atoms with van der Waals surface area (Å²) in [4.78, 5) is 8.27. The summed E-state index contributed by atoms with van der Waals surface area (Å²) in [5.41, 5.74) is 1.21. The summed E-state index contributed by atoms with van der Waals surface area (Å²) in [7, 11) is 0. The molecular weight excluding hydrogens is 323 g/mol. The molecule has 22 heavy (non-hydrogen) atoms. The molecule has 0 unspecified atom stereocenters. The van der Waals surface area contributed by atoms with Crippen LogP contribution in [0.1, 0.15) is 5.56 Å². The molecular formula is C14H8Cl2N6. The van der Waals surface area contributed by atoms with Crippen molar-refractivity contribution in [3.05, 3.63) is 58.6 Å². The first kappa shape index (κ1) is 14.3. The van der Waals surface area contributed by atoms with Gasteiger partial charge in [-0.15, -0.1) is 0 Å². The molecule has 0 aliphatic rings. The van der Waals surface area contributed by atoms with Gasteiger partial charge in [0, 0.05) is 12.4 Å². The molecule has 0 aliphatic heterocycles. The van der Waals surface area contributed by atoms with E-state index in [1.807, 2.05) is 6.07 Å². The molecule has 3 heterocycles. The Kier molecular flexibility index (Phi) is 3.92. The summed E-state index contributed by atoms with van der Waals surface area (Å²) < 4.78 is 1.53. The number of nitriles is 1. The first-order chi connectivity index (χ1) is 10.7. The average Bonchev–Trinajstić information content (AvgIpc) is 2.96. The summed E-state index contributed by atoms with van der Waals surface area (Å²) in [6, 6.07) is 7.00. The fourth-order valence-corrected chi connectivity index (χ4v) is 2.23. The average molecular weight is 331 g/mol. The first-order valence-corrected chi connectivity index (χ1v) is 6.90. The Morgan fingerprint density at radius 2 is 2.00 bits per heavy atom. The van der Waals surface area contributed by atoms with Gasteiger partial charge in [0.25, 0.3) is 0 Å². The van der Waals surface area contributed by atoms with Gasteiger partial charge < -0.3 is 5.32 Å². The fraction of sp³-hybridized carbons (Fsp3) is 0. The maximum Gasteiger partial charge on any atom is 0.172 e. The van der Waals surface area contributed by atoms with E-state index in [0.717, 1.165) is 0 Å². The third-order valence-electron chi connectivity index (χ3n) is 2.75. The lowest BCUT2D eigenvalue weighted by atomic mass is 10.3. The van der Waals surface area contributed by atoms with Gasteiger partial charge in [-0.2, -0.15) is 10.4 Å². The van der Waals surface area contributed by atoms with Crippen LogP contribution in [0.3, 0.4) is 0 Å². The summed E-state index contributed by atoms with van der Waals surface area (Å²) in [5.74, 6) is 1.08. The van der Waals surface area contributed by atoms with Crippen LogP contribution < -0.4 is 5.32 Å². The van der Waals surface area contributed by atoms with Crippen LogP contribution >= 0.6 is 23.2 Å². The third-order valence-corrected chi connectivity index (χ3v) is 3.24. The lowest BCUT2D eigenvalue weighted by Gasteiger charge is -2.03. The van der Waals surface area contributed by atoms with Gasteiger partial charge >= 0.3 is 0 Å². The van der Waals surface area contributed by atoms with E-state index in [2.05, 4.69) is 20.4 Å². The van der Waals surface area contributed by atoms with E-state index >= 15 is 0 Å². The summed E-state index contributed by atoms with van der Waals surface area (Å²) >= 11 is 11.9. The van der Waals surface area contributed by atoms with Crippen molar-refractivity contribution in [1.29, 1.82) is 5.26 Å². The van der Waals surface area contributed by atoms with E-state index in [-0.39, 0.29) is 0 Å². The van der Waals surface area contributed by atoms with Gasteiger partial charge in [-0.05, 0) is 18.2 Å². The molecule has 1 N–H and O–H groups in total. The topological polar surface area (TPSA) is 79.4 Å². The van der Waals surface area contributed by atoms with Gasteiger partial charge in [0.15, 0.2) is 5.82 Å². The number of hydrogen-bond acceptors (Lipinski definition) is 5. The second-order valence-corrected chi connectivity index (χ2v) is 5.15. The Morgan fingerprint density at radius 1 is 1.14 bits per heavy atom. The van der Waals surface area contributed by atoms with Crippen LogP contribution in [-0.2, 0) is 0 Å². The van der Waals surface area contributed by atoms with Crippen LogP contribution in [0.4, 0.5) is 11.5 Å². The minimum absolute atomic E-state index is 0.402. The number of hydrogen-bond donors (Lipinski definition) is 1. The predicted octanol–water partition coefficient (Wildman–Crippen LogP) is 3.58. The fourth-order valence-electron chi connectivity index (χ4n) is 1.76. The quantitative estimate of drug-likeness (QED) is 0.793. The number of nitrogens with one attached hydrogen (secondary N) is 1. The second-order valence-electron chi connectivity index (χ2n) is 4.30. The van der Waals surface area contributed by atoms with E-state index in [1.165, 1.54) is 17.1 Å². The molecule has 6 nitrogen and oxygen atoms in total. The molecule has 0 atom stereocenters. The highest BCUT2D eigenvalue weighted by atomic mass is 35.5. The molecule has 0 saturated carbocycles. The summed E-state index contributed by atoms with van der Waals surface area (Å²) in [5, 5.41) is 16.9. The highest BCUT2D eigenvalue weighted by Gasteiger charge is 2.08. The third kappa shape index (κ3) is 3.01. The number of halogens is 2. The summed E-state index contributed by atoms with van der Waals surface area (Å²) in [6.07, 6.45) is 6.33. The van der Waals surface area contributed by atoms with Crippen molar-refractivity contribution in [2.24, 2.45) is 0 Å². The molecule has 0 bridgehead atoms. The number of nitrogens with zero attached hydrogens (tertiary/aromatic N) is 5. The molecule has 8 heteroatoms. The van der Waals surface area contributed by atoms with E-state index in [1.54, 1.807) is 30.6 Å². The molecule has 0 spiro atoms. The van der Waals surface area contributed by atoms with Crippen molar-refractivity contribution in [2.75, 3.05) is 5.32 Å². The van der Waals surface area contributed by atoms with Gasteiger partial charge in [-0.25, -0.2) is 14.6 Å². The van der Waals surface area contributed by atoms with Crippen molar-refractivity contribution >= 4 is 34.7 Å². The Hall–Kier alpha value is -2.62. The highest BCUT2D eigenvalue weighted by Crippen LogP contribution is 2.23. The van der Waals surface area contributed by atoms with Crippen LogP contribution in [0, 0.1) is 11.3 Å². The molecule has 108 valence electrons. The maximum atomic E-state index is 8.74. The Bertz CT molecular complexity index is 851. The standard InChI is InChI=1S/C14H8Cl2N6/c15-10-3-12(16)14(19-6-10)22-8-11(7-20-22)21-13-2-1-9(4-17)5-18-13/h1-3,5-8H,(H,18,21). The van der Waals surface area contributed by atoms with Crippen molar-refractivity contribution in [2.45, 2.75) is 0 Å².